The second kappa shape index (κ2) is 3.28. The van der Waals surface area contributed by atoms with Gasteiger partial charge in [0.2, 0.25) is 0 Å². The molecule has 1 saturated carbocycles. The molecule has 0 atom stereocenters. The van der Waals surface area contributed by atoms with Crippen LogP contribution < -0.4 is 5.73 Å². The number of nitrogens with zero attached hydrogens (tertiary/aromatic N) is 2. The molecule has 0 saturated heterocycles. The predicted octanol–water partition coefficient (Wildman–Crippen LogP) is 1.65. The number of aromatic amines is 1. The van der Waals surface area contributed by atoms with Gasteiger partial charge in [-0.1, -0.05) is 6.42 Å². The lowest BCUT2D eigenvalue weighted by Gasteiger charge is -2.38. The highest BCUT2D eigenvalue weighted by molar-refractivity contribution is 5.74. The third-order valence-electron chi connectivity index (χ3n) is 3.80. The molecule has 3 N–H and O–H groups in total. The second-order valence-electron chi connectivity index (χ2n) is 4.75. The lowest BCUT2D eigenvalue weighted by molar-refractivity contribution is 0.240. The normalized spacial score (nSPS) is 18.6. The molecule has 0 aromatic carbocycles. The van der Waals surface area contributed by atoms with Crippen LogP contribution in [0.4, 0.5) is 0 Å². The molecule has 84 valence electrons. The van der Waals surface area contributed by atoms with Crippen LogP contribution in [0.15, 0.2) is 12.3 Å². The topological polar surface area (TPSA) is 67.6 Å². The number of aromatic nitrogens is 3. The molecular formula is C12H16N4. The van der Waals surface area contributed by atoms with Gasteiger partial charge in [0.25, 0.3) is 0 Å². The summed E-state index contributed by atoms with van der Waals surface area (Å²) in [6.07, 6.45) is 5.34. The molecule has 2 aromatic rings. The number of aryl methyl sites for hydroxylation is 1. The molecule has 0 unspecified atom stereocenters. The molecule has 0 radical (unpaired) electrons. The first-order valence-corrected chi connectivity index (χ1v) is 5.77. The lowest BCUT2D eigenvalue weighted by Crippen LogP contribution is -2.42. The van der Waals surface area contributed by atoms with Gasteiger partial charge < -0.3 is 10.7 Å². The quantitative estimate of drug-likeness (QED) is 0.802. The van der Waals surface area contributed by atoms with Crippen molar-refractivity contribution in [2.24, 2.45) is 5.73 Å². The highest BCUT2D eigenvalue weighted by Gasteiger charge is 2.40. The number of hydrogen-bond acceptors (Lipinski definition) is 3. The van der Waals surface area contributed by atoms with Crippen LogP contribution in [0, 0.1) is 6.92 Å². The summed E-state index contributed by atoms with van der Waals surface area (Å²) in [5, 5.41) is 0. The zero-order valence-electron chi connectivity index (χ0n) is 9.45. The van der Waals surface area contributed by atoms with Crippen molar-refractivity contribution < 1.29 is 0 Å². The fraction of sp³-hybridized carbons (Fsp3) is 0.500. The average molecular weight is 216 g/mol. The van der Waals surface area contributed by atoms with Crippen molar-refractivity contribution in [1.29, 1.82) is 0 Å². The van der Waals surface area contributed by atoms with Crippen LogP contribution in [0.5, 0.6) is 0 Å². The van der Waals surface area contributed by atoms with E-state index >= 15 is 0 Å². The van der Waals surface area contributed by atoms with Crippen LogP contribution in [-0.2, 0) is 5.41 Å². The highest BCUT2D eigenvalue weighted by Crippen LogP contribution is 2.41. The van der Waals surface area contributed by atoms with E-state index in [4.69, 9.17) is 5.73 Å². The molecule has 0 spiro atoms. The van der Waals surface area contributed by atoms with Crippen LogP contribution in [0.1, 0.15) is 30.7 Å². The van der Waals surface area contributed by atoms with E-state index in [1.54, 1.807) is 6.20 Å². The molecule has 3 rings (SSSR count). The number of pyridine rings is 1. The number of H-pyrrole nitrogens is 1. The summed E-state index contributed by atoms with van der Waals surface area (Å²) in [6, 6.07) is 2.00. The van der Waals surface area contributed by atoms with E-state index in [1.165, 1.54) is 12.0 Å². The van der Waals surface area contributed by atoms with Crippen molar-refractivity contribution in [3.8, 4) is 0 Å². The van der Waals surface area contributed by atoms with Gasteiger partial charge in [0.05, 0.1) is 5.52 Å². The van der Waals surface area contributed by atoms with E-state index in [2.05, 4.69) is 21.9 Å². The number of imidazole rings is 1. The Morgan fingerprint density at radius 3 is 2.88 bits per heavy atom. The Morgan fingerprint density at radius 2 is 2.31 bits per heavy atom. The first-order valence-electron chi connectivity index (χ1n) is 5.77. The first-order chi connectivity index (χ1) is 7.75. The van der Waals surface area contributed by atoms with Gasteiger partial charge in [0.1, 0.15) is 5.82 Å². The predicted molar refractivity (Wildman–Crippen MR) is 63.2 cm³/mol. The Bertz CT molecular complexity index is 519. The van der Waals surface area contributed by atoms with Gasteiger partial charge in [-0.15, -0.1) is 0 Å². The molecule has 1 aliphatic rings. The molecule has 0 amide bonds. The number of nitrogens with one attached hydrogen (secondary N) is 1. The Labute approximate surface area is 94.3 Å². The number of nitrogens with two attached hydrogens (primary N) is 1. The lowest BCUT2D eigenvalue weighted by atomic mass is 9.68. The molecule has 4 heteroatoms. The fourth-order valence-corrected chi connectivity index (χ4v) is 2.43. The van der Waals surface area contributed by atoms with E-state index in [1.807, 2.05) is 6.07 Å². The summed E-state index contributed by atoms with van der Waals surface area (Å²) >= 11 is 0. The molecule has 1 fully saturated rings. The number of fused-ring (bicyclic) bond motifs is 1. The highest BCUT2D eigenvalue weighted by atomic mass is 15.0. The van der Waals surface area contributed by atoms with Gasteiger partial charge in [0.15, 0.2) is 5.65 Å². The minimum Gasteiger partial charge on any atom is -0.340 e. The maximum Gasteiger partial charge on any atom is 0.177 e. The molecular weight excluding hydrogens is 200 g/mol. The average Bonchev–Trinajstić information content (AvgIpc) is 2.62. The van der Waals surface area contributed by atoms with E-state index < -0.39 is 0 Å². The summed E-state index contributed by atoms with van der Waals surface area (Å²) in [4.78, 5) is 12.3. The number of rotatable bonds is 2. The van der Waals surface area contributed by atoms with Crippen LogP contribution in [0.25, 0.3) is 11.2 Å². The standard InChI is InChI=1S/C12H16N4/c1-8-3-6-14-10-9(8)15-11(16-10)12(7-13)4-2-5-12/h3,6H,2,4-5,7,13H2,1H3,(H,14,15,16). The van der Waals surface area contributed by atoms with Gasteiger partial charge in [0, 0.05) is 18.2 Å². The summed E-state index contributed by atoms with van der Waals surface area (Å²) in [7, 11) is 0. The Balaban J connectivity index is 2.15. The molecule has 2 heterocycles. The summed E-state index contributed by atoms with van der Waals surface area (Å²) in [5.74, 6) is 1.03. The van der Waals surface area contributed by atoms with Crippen molar-refractivity contribution in [2.75, 3.05) is 6.54 Å². The van der Waals surface area contributed by atoms with Crippen LogP contribution in [-0.4, -0.2) is 21.5 Å². The SMILES string of the molecule is Cc1ccnc2nc(C3(CN)CCC3)[nH]c12. The Morgan fingerprint density at radius 1 is 1.50 bits per heavy atom. The fourth-order valence-electron chi connectivity index (χ4n) is 2.43. The van der Waals surface area contributed by atoms with E-state index in [9.17, 15) is 0 Å². The molecule has 4 nitrogen and oxygen atoms in total. The van der Waals surface area contributed by atoms with Crippen LogP contribution >= 0.6 is 0 Å². The third-order valence-corrected chi connectivity index (χ3v) is 3.80. The molecule has 0 bridgehead atoms. The van der Waals surface area contributed by atoms with Gasteiger partial charge in [-0.05, 0) is 31.4 Å². The first kappa shape index (κ1) is 9.78. The van der Waals surface area contributed by atoms with Gasteiger partial charge in [-0.3, -0.25) is 0 Å². The maximum absolute atomic E-state index is 5.88. The maximum atomic E-state index is 5.88. The Kier molecular flexibility index (Phi) is 2.01. The van der Waals surface area contributed by atoms with E-state index in [0.29, 0.717) is 6.54 Å². The number of hydrogen-bond donors (Lipinski definition) is 2. The van der Waals surface area contributed by atoms with Crippen molar-refractivity contribution >= 4 is 11.2 Å². The minimum atomic E-state index is 0.0904. The van der Waals surface area contributed by atoms with E-state index in [0.717, 1.165) is 29.8 Å². The summed E-state index contributed by atoms with van der Waals surface area (Å²) < 4.78 is 0. The van der Waals surface area contributed by atoms with Crippen molar-refractivity contribution in [2.45, 2.75) is 31.6 Å². The zero-order chi connectivity index (χ0) is 11.2. The van der Waals surface area contributed by atoms with Gasteiger partial charge >= 0.3 is 0 Å². The third kappa shape index (κ3) is 1.19. The smallest absolute Gasteiger partial charge is 0.177 e. The van der Waals surface area contributed by atoms with Gasteiger partial charge in [-0.25, -0.2) is 9.97 Å². The van der Waals surface area contributed by atoms with Crippen LogP contribution in [0.3, 0.4) is 0 Å². The van der Waals surface area contributed by atoms with Crippen molar-refractivity contribution in [3.05, 3.63) is 23.7 Å². The Hall–Kier alpha value is -1.42. The van der Waals surface area contributed by atoms with Gasteiger partial charge in [-0.2, -0.15) is 0 Å². The van der Waals surface area contributed by atoms with Crippen LogP contribution in [0.2, 0.25) is 0 Å². The zero-order valence-corrected chi connectivity index (χ0v) is 9.45. The van der Waals surface area contributed by atoms with Crippen molar-refractivity contribution in [1.82, 2.24) is 15.0 Å². The molecule has 1 aliphatic carbocycles. The summed E-state index contributed by atoms with van der Waals surface area (Å²) in [5.41, 5.74) is 9.03. The monoisotopic (exact) mass is 216 g/mol. The summed E-state index contributed by atoms with van der Waals surface area (Å²) in [6.45, 7) is 2.74. The van der Waals surface area contributed by atoms with Crippen molar-refractivity contribution in [3.63, 3.8) is 0 Å². The van der Waals surface area contributed by atoms with E-state index in [-0.39, 0.29) is 5.41 Å². The molecule has 0 aliphatic heterocycles. The minimum absolute atomic E-state index is 0.0904. The molecule has 2 aromatic heterocycles. The second-order valence-corrected chi connectivity index (χ2v) is 4.75. The largest absolute Gasteiger partial charge is 0.340 e. The molecule has 16 heavy (non-hydrogen) atoms.